The van der Waals surface area contributed by atoms with Crippen LogP contribution in [0.5, 0.6) is 0 Å². The molecule has 0 aliphatic heterocycles. The number of phosphoric ester groups is 2. The molecule has 0 aromatic carbocycles. The van der Waals surface area contributed by atoms with E-state index < -0.39 is 97.5 Å². The number of rotatable bonds is 72. The minimum atomic E-state index is -5.01. The molecule has 0 aromatic heterocycles. The first-order chi connectivity index (χ1) is 50.7. The highest BCUT2D eigenvalue weighted by molar-refractivity contribution is 7.47. The minimum Gasteiger partial charge on any atom is -0.462 e. The number of carbonyl (C=O) groups excluding carboxylic acids is 4. The minimum absolute atomic E-state index is 0.00220. The summed E-state index contributed by atoms with van der Waals surface area (Å²) in [5.74, 6) is -2.35. The van der Waals surface area contributed by atoms with Gasteiger partial charge in [-0.05, 0) is 161 Å². The topological polar surface area (TPSA) is 237 Å². The van der Waals surface area contributed by atoms with Crippen molar-refractivity contribution in [3.05, 3.63) is 170 Å². The molecule has 0 aliphatic carbocycles. The summed E-state index contributed by atoms with van der Waals surface area (Å²) in [6, 6.07) is 0. The van der Waals surface area contributed by atoms with Crippen molar-refractivity contribution in [1.29, 1.82) is 0 Å². The Kier molecular flexibility index (Phi) is 71.6. The van der Waals surface area contributed by atoms with Crippen molar-refractivity contribution in [3.8, 4) is 0 Å². The molecular weight excluding hydrogens is 1350 g/mol. The van der Waals surface area contributed by atoms with Gasteiger partial charge in [0.25, 0.3) is 0 Å². The van der Waals surface area contributed by atoms with Crippen LogP contribution < -0.4 is 0 Å². The van der Waals surface area contributed by atoms with Gasteiger partial charge in [-0.15, -0.1) is 0 Å². The maximum absolute atomic E-state index is 13.1. The lowest BCUT2D eigenvalue weighted by Crippen LogP contribution is -2.30. The Hall–Kier alpha value is -5.58. The number of allylic oxidation sites excluding steroid dienone is 28. The second-order valence-corrected chi connectivity index (χ2v) is 28.4. The first-order valence-electron chi connectivity index (χ1n) is 39.4. The van der Waals surface area contributed by atoms with E-state index in [0.717, 1.165) is 161 Å². The smallest absolute Gasteiger partial charge is 0.462 e. The van der Waals surface area contributed by atoms with Gasteiger partial charge in [-0.25, -0.2) is 9.13 Å². The first-order valence-corrected chi connectivity index (χ1v) is 42.4. The molecule has 0 saturated carbocycles. The van der Waals surface area contributed by atoms with Crippen LogP contribution in [0.1, 0.15) is 285 Å². The maximum Gasteiger partial charge on any atom is 0.472 e. The molecule has 104 heavy (non-hydrogen) atoms. The van der Waals surface area contributed by atoms with Gasteiger partial charge in [0, 0.05) is 25.7 Å². The van der Waals surface area contributed by atoms with Crippen LogP contribution in [0.4, 0.5) is 0 Å². The summed E-state index contributed by atoms with van der Waals surface area (Å²) < 4.78 is 68.4. The largest absolute Gasteiger partial charge is 0.472 e. The van der Waals surface area contributed by atoms with Gasteiger partial charge in [-0.1, -0.05) is 268 Å². The van der Waals surface area contributed by atoms with Crippen LogP contribution in [0.25, 0.3) is 0 Å². The molecule has 0 aliphatic rings. The molecular formula is C85H138O17P2. The second-order valence-electron chi connectivity index (χ2n) is 25.5. The summed E-state index contributed by atoms with van der Waals surface area (Å²) in [5.41, 5.74) is 0. The number of phosphoric acid groups is 2. The SMILES string of the molecule is CC/C=C\C/C=C\C/C=C\C/C=C\C/C=C\CCCC(=O)OCC(COP(=O)(O)OCC(O)COP(=O)(O)OCC(COC(=O)CCCCCCCC/C=C\C/C=C\C/C=C\CCCCC)OC(=O)CCCCCCC/C=C\CCCC)OC(=O)CCC/C=C\C/C=C\C/C=C\C/C=C\C/C=C\CC. The highest BCUT2D eigenvalue weighted by Crippen LogP contribution is 2.45. The summed E-state index contributed by atoms with van der Waals surface area (Å²) >= 11 is 0. The van der Waals surface area contributed by atoms with Crippen LogP contribution in [0, 0.1) is 0 Å². The number of hydrogen-bond donors (Lipinski definition) is 3. The molecule has 0 heterocycles. The molecule has 5 unspecified atom stereocenters. The quantitative estimate of drug-likeness (QED) is 0.0169. The summed E-state index contributed by atoms with van der Waals surface area (Å²) in [6.45, 7) is 4.40. The third kappa shape index (κ3) is 74.7. The number of aliphatic hydroxyl groups is 1. The van der Waals surface area contributed by atoms with E-state index in [9.17, 15) is 43.2 Å². The van der Waals surface area contributed by atoms with Gasteiger partial charge in [-0.2, -0.15) is 0 Å². The van der Waals surface area contributed by atoms with Crippen molar-refractivity contribution >= 4 is 39.5 Å². The molecule has 0 amide bonds. The Morgan fingerprint density at radius 1 is 0.279 bits per heavy atom. The van der Waals surface area contributed by atoms with Crippen LogP contribution in [0.15, 0.2) is 170 Å². The van der Waals surface area contributed by atoms with Gasteiger partial charge in [0.05, 0.1) is 26.4 Å². The molecule has 5 atom stereocenters. The number of esters is 4. The Morgan fingerprint density at radius 2 is 0.519 bits per heavy atom. The molecule has 0 fully saturated rings. The summed E-state index contributed by atoms with van der Waals surface area (Å²) in [4.78, 5) is 72.9. The van der Waals surface area contributed by atoms with Crippen molar-refractivity contribution in [2.75, 3.05) is 39.6 Å². The van der Waals surface area contributed by atoms with Crippen molar-refractivity contribution in [2.45, 2.75) is 303 Å². The number of ether oxygens (including phenoxy) is 4. The molecule has 590 valence electrons. The van der Waals surface area contributed by atoms with Gasteiger partial charge >= 0.3 is 39.5 Å². The van der Waals surface area contributed by atoms with Crippen LogP contribution >= 0.6 is 15.6 Å². The van der Waals surface area contributed by atoms with Gasteiger partial charge in [-0.3, -0.25) is 37.3 Å². The fourth-order valence-corrected chi connectivity index (χ4v) is 11.3. The van der Waals surface area contributed by atoms with E-state index in [4.69, 9.17) is 37.0 Å². The van der Waals surface area contributed by atoms with Gasteiger partial charge in [0.1, 0.15) is 19.3 Å². The van der Waals surface area contributed by atoms with E-state index in [1.807, 2.05) is 24.3 Å². The zero-order valence-corrected chi connectivity index (χ0v) is 66.2. The van der Waals surface area contributed by atoms with Crippen LogP contribution in [-0.2, 0) is 65.4 Å². The zero-order chi connectivity index (χ0) is 76.0. The van der Waals surface area contributed by atoms with Crippen molar-refractivity contribution < 1.29 is 80.2 Å². The standard InChI is InChI=1S/C85H138O17P2/c1-5-9-13-17-21-25-29-32-35-38-39-42-44-47-51-54-58-62-66-70-82(87)95-75-80(101-84(89)71-67-63-59-55-49-28-24-20-16-12-8-4)77-99-103(91,92)97-73-79(86)74-98-104(93,94)100-78-81(102-85(90)72-68-64-60-56-52-48-45-41-37-34-31-27-23-19-15-11-7-3)76-96-83(88)69-65-61-57-53-50-46-43-40-36-33-30-26-22-18-14-10-6-2/h10-11,14-15,20-27,32-37,39,42-43,45-46,48,53,56-57,60,79-81,86H,5-9,12-13,16-19,28-31,38,40-41,44,47,49-52,54-55,58-59,61-78H2,1-4H3,(H,91,92)(H,93,94)/b14-10-,15-11-,24-20-,25-21-,26-22-,27-23-,35-32-,36-33-,37-34-,42-39-,46-43-,48-45-,57-53-,60-56-. The van der Waals surface area contributed by atoms with Crippen LogP contribution in [-0.4, -0.2) is 96.7 Å². The molecule has 0 rings (SSSR count). The number of aliphatic hydroxyl groups excluding tert-OH is 1. The van der Waals surface area contributed by atoms with E-state index in [2.05, 4.69) is 174 Å². The Balaban J connectivity index is 5.45. The molecule has 0 radical (unpaired) electrons. The zero-order valence-electron chi connectivity index (χ0n) is 64.4. The summed E-state index contributed by atoms with van der Waals surface area (Å²) in [7, 11) is -10.0. The Bertz CT molecular complexity index is 2640. The normalized spacial score (nSPS) is 14.8. The lowest BCUT2D eigenvalue weighted by molar-refractivity contribution is -0.161. The molecule has 17 nitrogen and oxygen atoms in total. The molecule has 3 N–H and O–H groups in total. The molecule has 0 aromatic rings. The van der Waals surface area contributed by atoms with Crippen LogP contribution in [0.3, 0.4) is 0 Å². The summed E-state index contributed by atoms with van der Waals surface area (Å²) in [5, 5.41) is 10.6. The average Bonchev–Trinajstić information content (AvgIpc) is 0.930. The van der Waals surface area contributed by atoms with E-state index in [-0.39, 0.29) is 25.7 Å². The van der Waals surface area contributed by atoms with Crippen molar-refractivity contribution in [1.82, 2.24) is 0 Å². The van der Waals surface area contributed by atoms with Crippen LogP contribution in [0.2, 0.25) is 0 Å². The Labute approximate surface area is 629 Å². The molecule has 0 bridgehead atoms. The summed E-state index contributed by atoms with van der Waals surface area (Å²) in [6.07, 6.45) is 89.3. The molecule has 0 saturated heterocycles. The highest BCUT2D eigenvalue weighted by Gasteiger charge is 2.30. The number of hydrogen-bond acceptors (Lipinski definition) is 15. The fraction of sp³-hybridized carbons (Fsp3) is 0.624. The monoisotopic (exact) mass is 1490 g/mol. The average molecular weight is 1490 g/mol. The van der Waals surface area contributed by atoms with Gasteiger partial charge < -0.3 is 33.8 Å². The number of carbonyl (C=O) groups is 4. The predicted octanol–water partition coefficient (Wildman–Crippen LogP) is 23.0. The highest BCUT2D eigenvalue weighted by atomic mass is 31.2. The lowest BCUT2D eigenvalue weighted by Gasteiger charge is -2.21. The number of unbranched alkanes of at least 4 members (excludes halogenated alkanes) is 18. The van der Waals surface area contributed by atoms with E-state index in [1.165, 1.54) is 32.1 Å². The molecule has 19 heteroatoms. The lowest BCUT2D eigenvalue weighted by atomic mass is 10.1. The Morgan fingerprint density at radius 3 is 0.856 bits per heavy atom. The van der Waals surface area contributed by atoms with Crippen molar-refractivity contribution in [3.63, 3.8) is 0 Å². The first kappa shape index (κ1) is 98.4. The van der Waals surface area contributed by atoms with Gasteiger partial charge in [0.2, 0.25) is 0 Å². The maximum atomic E-state index is 13.1. The third-order valence-corrected chi connectivity index (χ3v) is 17.5. The molecule has 0 spiro atoms. The third-order valence-electron chi connectivity index (χ3n) is 15.6. The van der Waals surface area contributed by atoms with E-state index >= 15 is 0 Å². The second kappa shape index (κ2) is 75.6. The fourth-order valence-electron chi connectivity index (χ4n) is 9.69. The van der Waals surface area contributed by atoms with Gasteiger partial charge in [0.15, 0.2) is 12.2 Å². The van der Waals surface area contributed by atoms with Crippen molar-refractivity contribution in [2.24, 2.45) is 0 Å². The predicted molar refractivity (Wildman–Crippen MR) is 426 cm³/mol. The van der Waals surface area contributed by atoms with E-state index in [0.29, 0.717) is 38.5 Å². The van der Waals surface area contributed by atoms with E-state index in [1.54, 1.807) is 0 Å².